The lowest BCUT2D eigenvalue weighted by atomic mass is 9.90. The van der Waals surface area contributed by atoms with Gasteiger partial charge in [0.25, 0.3) is 0 Å². The minimum atomic E-state index is -0.575. The monoisotopic (exact) mass is 462 g/mol. The van der Waals surface area contributed by atoms with E-state index in [2.05, 4.69) is 22.5 Å². The summed E-state index contributed by atoms with van der Waals surface area (Å²) < 4.78 is 20.4. The molecule has 1 aliphatic carbocycles. The van der Waals surface area contributed by atoms with Gasteiger partial charge in [-0.25, -0.2) is 9.37 Å². The highest BCUT2D eigenvalue weighted by Crippen LogP contribution is 2.44. The van der Waals surface area contributed by atoms with E-state index in [0.717, 1.165) is 30.6 Å². The summed E-state index contributed by atoms with van der Waals surface area (Å²) in [6.45, 7) is 4.80. The molecular formula is C26H31FN6O. The summed E-state index contributed by atoms with van der Waals surface area (Å²) in [6.07, 6.45) is 6.79. The molecule has 1 aromatic carbocycles. The van der Waals surface area contributed by atoms with Gasteiger partial charge in [0.15, 0.2) is 11.6 Å². The molecule has 0 spiro atoms. The zero-order valence-electron chi connectivity index (χ0n) is 19.8. The van der Waals surface area contributed by atoms with E-state index >= 15 is 0 Å². The van der Waals surface area contributed by atoms with E-state index in [0.29, 0.717) is 34.4 Å². The highest BCUT2D eigenvalue weighted by atomic mass is 19.1. The number of fused-ring (bicyclic) bond motifs is 3. The van der Waals surface area contributed by atoms with Crippen molar-refractivity contribution in [1.82, 2.24) is 15.6 Å². The summed E-state index contributed by atoms with van der Waals surface area (Å²) in [7, 11) is 1.77. The molecule has 1 saturated carbocycles. The number of hydrogen-bond donors (Lipinski definition) is 5. The van der Waals surface area contributed by atoms with Crippen molar-refractivity contribution in [3.63, 3.8) is 0 Å². The predicted octanol–water partition coefficient (Wildman–Crippen LogP) is 4.57. The van der Waals surface area contributed by atoms with Gasteiger partial charge in [0.05, 0.1) is 5.71 Å². The van der Waals surface area contributed by atoms with Crippen molar-refractivity contribution in [2.45, 2.75) is 39.2 Å². The van der Waals surface area contributed by atoms with Crippen molar-refractivity contribution >= 4 is 23.4 Å². The Bertz CT molecular complexity index is 1200. The van der Waals surface area contributed by atoms with Crippen molar-refractivity contribution in [3.05, 3.63) is 70.3 Å². The van der Waals surface area contributed by atoms with Gasteiger partial charge in [-0.15, -0.1) is 0 Å². The topological polar surface area (TPSA) is 120 Å². The molecule has 0 amide bonds. The molecule has 2 aliphatic rings. The molecular weight excluding hydrogens is 431 g/mol. The first-order valence-corrected chi connectivity index (χ1v) is 11.4. The van der Waals surface area contributed by atoms with Crippen molar-refractivity contribution in [1.29, 1.82) is 10.8 Å². The number of aromatic nitrogens is 1. The van der Waals surface area contributed by atoms with Gasteiger partial charge >= 0.3 is 0 Å². The number of hydrogen-bond acceptors (Lipinski definition) is 7. The second-order valence-corrected chi connectivity index (χ2v) is 9.32. The maximum absolute atomic E-state index is 14.2. The number of rotatable bonds is 5. The van der Waals surface area contributed by atoms with Crippen molar-refractivity contribution < 1.29 is 9.13 Å². The fraction of sp³-hybridized carbons (Fsp3) is 0.346. The Morgan fingerprint density at radius 1 is 1.32 bits per heavy atom. The van der Waals surface area contributed by atoms with Crippen LogP contribution in [0.5, 0.6) is 5.75 Å². The Balaban J connectivity index is 1.91. The van der Waals surface area contributed by atoms with Crippen molar-refractivity contribution in [3.8, 4) is 5.75 Å². The zero-order chi connectivity index (χ0) is 24.5. The average molecular weight is 463 g/mol. The summed E-state index contributed by atoms with van der Waals surface area (Å²) in [5.41, 5.74) is 10.6. The minimum Gasteiger partial charge on any atom is -0.482 e. The number of benzene rings is 1. The number of nitrogens with one attached hydrogen (secondary N) is 4. The first kappa shape index (κ1) is 23.5. The second-order valence-electron chi connectivity index (χ2n) is 9.32. The van der Waals surface area contributed by atoms with Gasteiger partial charge in [-0.1, -0.05) is 6.92 Å². The predicted molar refractivity (Wildman–Crippen MR) is 134 cm³/mol. The number of ether oxygens (including phenoxy) is 1. The first-order valence-electron chi connectivity index (χ1n) is 11.4. The molecule has 1 aromatic heterocycles. The molecule has 6 N–H and O–H groups in total. The van der Waals surface area contributed by atoms with Crippen molar-refractivity contribution in [2.24, 2.45) is 5.41 Å². The van der Waals surface area contributed by atoms with E-state index in [4.69, 9.17) is 21.3 Å². The lowest BCUT2D eigenvalue weighted by Crippen LogP contribution is -2.23. The Morgan fingerprint density at radius 2 is 2.09 bits per heavy atom. The number of nitrogens with two attached hydrogens (primary N) is 1. The summed E-state index contributed by atoms with van der Waals surface area (Å²) in [5.74, 6) is 0.189. The third kappa shape index (κ3) is 4.81. The van der Waals surface area contributed by atoms with E-state index in [9.17, 15) is 4.39 Å². The van der Waals surface area contributed by atoms with Gasteiger partial charge in [0.1, 0.15) is 11.9 Å². The summed E-state index contributed by atoms with van der Waals surface area (Å²) in [6, 6.07) is 6.14. The fourth-order valence-corrected chi connectivity index (χ4v) is 4.11. The minimum absolute atomic E-state index is 0.223. The number of halogens is 1. The molecule has 4 rings (SSSR count). The number of pyridine rings is 1. The normalized spacial score (nSPS) is 22.6. The molecule has 34 heavy (non-hydrogen) atoms. The lowest BCUT2D eigenvalue weighted by Gasteiger charge is -2.24. The Hall–Kier alpha value is -3.68. The molecule has 1 atom stereocenters. The van der Waals surface area contributed by atoms with E-state index in [-0.39, 0.29) is 16.9 Å². The average Bonchev–Trinajstić information content (AvgIpc) is 3.55. The zero-order valence-corrected chi connectivity index (χ0v) is 19.8. The molecule has 1 aliphatic heterocycles. The van der Waals surface area contributed by atoms with Gasteiger partial charge in [-0.05, 0) is 60.6 Å². The largest absolute Gasteiger partial charge is 0.482 e. The quantitative estimate of drug-likeness (QED) is 0.417. The lowest BCUT2D eigenvalue weighted by molar-refractivity contribution is 0.227. The standard InChI is InChI=1S/C26H31FN6O/c1-15-21-10-19(27)4-5-20(21)23(29)17(12-31-3)8-16(11-28)24(33-14-26(2)6-7-26)18-9-22(34-15)25(30)32-13-18/h4-5,9-13,15,28-29,31,33H,6-8,14H2,1-3H3,(H2,30,32)/b17-12-,24-16-,28-11?,29-23?/t15-/m1/s1. The molecule has 2 aromatic rings. The van der Waals surface area contributed by atoms with Gasteiger partial charge in [-0.3, -0.25) is 5.41 Å². The van der Waals surface area contributed by atoms with Crippen LogP contribution in [0, 0.1) is 22.1 Å². The fourth-order valence-electron chi connectivity index (χ4n) is 4.11. The maximum atomic E-state index is 14.2. The van der Waals surface area contributed by atoms with Crippen LogP contribution in [0.3, 0.4) is 0 Å². The Morgan fingerprint density at radius 3 is 2.76 bits per heavy atom. The van der Waals surface area contributed by atoms with E-state index < -0.39 is 11.9 Å². The van der Waals surface area contributed by atoms with E-state index in [1.807, 2.05) is 6.07 Å². The van der Waals surface area contributed by atoms with Gasteiger partial charge in [0.2, 0.25) is 0 Å². The second kappa shape index (κ2) is 9.29. The van der Waals surface area contributed by atoms with E-state index in [1.54, 1.807) is 32.4 Å². The Labute approximate surface area is 199 Å². The van der Waals surface area contributed by atoms with Crippen LogP contribution in [0.15, 0.2) is 47.8 Å². The highest BCUT2D eigenvalue weighted by Gasteiger charge is 2.37. The summed E-state index contributed by atoms with van der Waals surface area (Å²) >= 11 is 0. The number of nitrogen functional groups attached to an aromatic ring is 1. The van der Waals surface area contributed by atoms with Crippen LogP contribution in [-0.2, 0) is 0 Å². The number of allylic oxidation sites excluding steroid dienone is 2. The molecule has 1 fully saturated rings. The smallest absolute Gasteiger partial charge is 0.166 e. The number of anilines is 1. The summed E-state index contributed by atoms with van der Waals surface area (Å²) in [4.78, 5) is 4.35. The Kier molecular flexibility index (Phi) is 6.41. The molecule has 178 valence electrons. The molecule has 0 saturated heterocycles. The first-order chi connectivity index (χ1) is 16.2. The van der Waals surface area contributed by atoms with Crippen LogP contribution < -0.4 is 21.1 Å². The number of nitrogens with zero attached hydrogens (tertiary/aromatic N) is 1. The SMILES string of the molecule is CN/C=C1/C/C(C=N)=C(/NCC2(C)CC2)c2cnc(N)c(c2)O[C@H](C)c2cc(F)ccc2C1=N. The van der Waals surface area contributed by atoms with E-state index in [1.165, 1.54) is 18.3 Å². The molecule has 7 nitrogen and oxygen atoms in total. The van der Waals surface area contributed by atoms with Crippen molar-refractivity contribution in [2.75, 3.05) is 19.3 Å². The van der Waals surface area contributed by atoms with Gasteiger partial charge < -0.3 is 26.5 Å². The van der Waals surface area contributed by atoms with Crippen LogP contribution in [-0.4, -0.2) is 30.5 Å². The summed E-state index contributed by atoms with van der Waals surface area (Å²) in [5, 5.41) is 23.8. The molecule has 2 bridgehead atoms. The third-order valence-corrected chi connectivity index (χ3v) is 6.51. The van der Waals surface area contributed by atoms with Gasteiger partial charge in [0, 0.05) is 61.0 Å². The van der Waals surface area contributed by atoms with Crippen LogP contribution in [0.2, 0.25) is 0 Å². The third-order valence-electron chi connectivity index (χ3n) is 6.51. The van der Waals surface area contributed by atoms with Crippen LogP contribution >= 0.6 is 0 Å². The molecule has 8 heteroatoms. The molecule has 2 heterocycles. The van der Waals surface area contributed by atoms with Crippen LogP contribution in [0.1, 0.15) is 55.9 Å². The molecule has 0 unspecified atom stereocenters. The van der Waals surface area contributed by atoms with Crippen LogP contribution in [0.4, 0.5) is 10.2 Å². The van der Waals surface area contributed by atoms with Gasteiger partial charge in [-0.2, -0.15) is 0 Å². The van der Waals surface area contributed by atoms with Crippen LogP contribution in [0.25, 0.3) is 5.70 Å². The highest BCUT2D eigenvalue weighted by molar-refractivity contribution is 6.12. The molecule has 0 radical (unpaired) electrons. The maximum Gasteiger partial charge on any atom is 0.166 e.